The molecule has 2 nitrogen and oxygen atoms in total. The molecule has 0 saturated carbocycles. The Balaban J connectivity index is 2.45. The van der Waals surface area contributed by atoms with Gasteiger partial charge in [-0.1, -0.05) is 6.08 Å². The SMILES string of the molecule is C=CCCCC(=O)c1cccnc1. The summed E-state index contributed by atoms with van der Waals surface area (Å²) in [5, 5.41) is 0. The number of carbonyl (C=O) groups is 1. The Morgan fingerprint density at radius 1 is 1.62 bits per heavy atom. The van der Waals surface area contributed by atoms with E-state index < -0.39 is 0 Å². The largest absolute Gasteiger partial charge is 0.294 e. The zero-order valence-corrected chi connectivity index (χ0v) is 7.57. The molecule has 1 heterocycles. The van der Waals surface area contributed by atoms with Crippen molar-refractivity contribution in [3.63, 3.8) is 0 Å². The number of Topliss-reactive ketones (excluding diaryl/α,β-unsaturated/α-hetero) is 1. The third-order valence-corrected chi connectivity index (χ3v) is 1.80. The summed E-state index contributed by atoms with van der Waals surface area (Å²) in [7, 11) is 0. The molecular weight excluding hydrogens is 162 g/mol. The Morgan fingerprint density at radius 2 is 2.46 bits per heavy atom. The maximum atomic E-state index is 11.4. The van der Waals surface area contributed by atoms with Gasteiger partial charge in [-0.05, 0) is 25.0 Å². The molecule has 2 heteroatoms. The maximum absolute atomic E-state index is 11.4. The Hall–Kier alpha value is -1.44. The Labute approximate surface area is 78.3 Å². The van der Waals surface area contributed by atoms with Crippen LogP contribution in [0.15, 0.2) is 37.2 Å². The molecule has 0 bridgehead atoms. The van der Waals surface area contributed by atoms with E-state index in [2.05, 4.69) is 11.6 Å². The molecule has 0 spiro atoms. The second-order valence-electron chi connectivity index (χ2n) is 2.85. The molecule has 0 amide bonds. The van der Waals surface area contributed by atoms with Crippen LogP contribution in [-0.4, -0.2) is 10.8 Å². The zero-order chi connectivity index (χ0) is 9.52. The number of allylic oxidation sites excluding steroid dienone is 1. The Bertz CT molecular complexity index is 279. The number of nitrogens with zero attached hydrogens (tertiary/aromatic N) is 1. The van der Waals surface area contributed by atoms with E-state index in [4.69, 9.17) is 0 Å². The topological polar surface area (TPSA) is 30.0 Å². The summed E-state index contributed by atoms with van der Waals surface area (Å²) < 4.78 is 0. The van der Waals surface area contributed by atoms with Gasteiger partial charge in [0.25, 0.3) is 0 Å². The highest BCUT2D eigenvalue weighted by Crippen LogP contribution is 2.05. The number of hydrogen-bond donors (Lipinski definition) is 0. The van der Waals surface area contributed by atoms with Gasteiger partial charge in [0, 0.05) is 24.4 Å². The molecular formula is C11H13NO. The molecule has 0 aliphatic rings. The average Bonchev–Trinajstić information content (AvgIpc) is 2.19. The first-order chi connectivity index (χ1) is 6.34. The molecule has 0 aromatic carbocycles. The molecule has 0 aliphatic heterocycles. The van der Waals surface area contributed by atoms with Crippen molar-refractivity contribution in [3.8, 4) is 0 Å². The van der Waals surface area contributed by atoms with Crippen LogP contribution in [0.3, 0.4) is 0 Å². The fraction of sp³-hybridized carbons (Fsp3) is 0.273. The molecule has 0 N–H and O–H groups in total. The Morgan fingerprint density at radius 3 is 3.08 bits per heavy atom. The number of unbranched alkanes of at least 4 members (excludes halogenated alkanes) is 1. The van der Waals surface area contributed by atoms with Gasteiger partial charge in [0.1, 0.15) is 0 Å². The molecule has 13 heavy (non-hydrogen) atoms. The van der Waals surface area contributed by atoms with Crippen molar-refractivity contribution in [1.29, 1.82) is 0 Å². The normalized spacial score (nSPS) is 9.54. The third-order valence-electron chi connectivity index (χ3n) is 1.80. The quantitative estimate of drug-likeness (QED) is 0.391. The highest BCUT2D eigenvalue weighted by Gasteiger charge is 2.03. The van der Waals surface area contributed by atoms with Gasteiger partial charge >= 0.3 is 0 Å². The van der Waals surface area contributed by atoms with Gasteiger partial charge in [0.15, 0.2) is 5.78 Å². The molecule has 68 valence electrons. The molecule has 0 aliphatic carbocycles. The van der Waals surface area contributed by atoms with Gasteiger partial charge < -0.3 is 0 Å². The van der Waals surface area contributed by atoms with E-state index in [1.54, 1.807) is 24.5 Å². The van der Waals surface area contributed by atoms with Gasteiger partial charge in [-0.2, -0.15) is 0 Å². The van der Waals surface area contributed by atoms with Crippen LogP contribution in [0, 0.1) is 0 Å². The number of pyridine rings is 1. The van der Waals surface area contributed by atoms with Crippen molar-refractivity contribution in [1.82, 2.24) is 4.98 Å². The van der Waals surface area contributed by atoms with E-state index in [1.807, 2.05) is 6.08 Å². The van der Waals surface area contributed by atoms with Crippen LogP contribution in [0.5, 0.6) is 0 Å². The summed E-state index contributed by atoms with van der Waals surface area (Å²) in [5.41, 5.74) is 0.701. The van der Waals surface area contributed by atoms with Crippen molar-refractivity contribution in [3.05, 3.63) is 42.7 Å². The molecule has 0 radical (unpaired) electrons. The van der Waals surface area contributed by atoms with Crippen LogP contribution in [0.4, 0.5) is 0 Å². The lowest BCUT2D eigenvalue weighted by Gasteiger charge is -1.97. The first-order valence-electron chi connectivity index (χ1n) is 4.38. The number of hydrogen-bond acceptors (Lipinski definition) is 2. The number of rotatable bonds is 5. The second-order valence-corrected chi connectivity index (χ2v) is 2.85. The highest BCUT2D eigenvalue weighted by atomic mass is 16.1. The van der Waals surface area contributed by atoms with E-state index in [0.717, 1.165) is 12.8 Å². The summed E-state index contributed by atoms with van der Waals surface area (Å²) in [6.07, 6.45) is 7.45. The fourth-order valence-electron chi connectivity index (χ4n) is 1.08. The van der Waals surface area contributed by atoms with E-state index >= 15 is 0 Å². The highest BCUT2D eigenvalue weighted by molar-refractivity contribution is 5.95. The van der Waals surface area contributed by atoms with Gasteiger partial charge in [-0.3, -0.25) is 9.78 Å². The van der Waals surface area contributed by atoms with Gasteiger partial charge in [-0.25, -0.2) is 0 Å². The summed E-state index contributed by atoms with van der Waals surface area (Å²) in [5.74, 6) is 0.162. The first kappa shape index (κ1) is 9.65. The number of aromatic nitrogens is 1. The zero-order valence-electron chi connectivity index (χ0n) is 7.57. The summed E-state index contributed by atoms with van der Waals surface area (Å²) in [6, 6.07) is 3.57. The van der Waals surface area contributed by atoms with Gasteiger partial charge in [-0.15, -0.1) is 6.58 Å². The molecule has 1 aromatic heterocycles. The van der Waals surface area contributed by atoms with Crippen LogP contribution < -0.4 is 0 Å². The third kappa shape index (κ3) is 3.20. The lowest BCUT2D eigenvalue weighted by Crippen LogP contribution is -1.98. The Kier molecular flexibility index (Phi) is 3.89. The van der Waals surface area contributed by atoms with E-state index in [0.29, 0.717) is 12.0 Å². The lowest BCUT2D eigenvalue weighted by atomic mass is 10.1. The average molecular weight is 175 g/mol. The van der Waals surface area contributed by atoms with Crippen molar-refractivity contribution in [2.24, 2.45) is 0 Å². The minimum Gasteiger partial charge on any atom is -0.294 e. The van der Waals surface area contributed by atoms with Crippen LogP contribution >= 0.6 is 0 Å². The molecule has 0 saturated heterocycles. The number of carbonyl (C=O) groups excluding carboxylic acids is 1. The van der Waals surface area contributed by atoms with Crippen LogP contribution in [-0.2, 0) is 0 Å². The van der Waals surface area contributed by atoms with Crippen LogP contribution in [0.1, 0.15) is 29.6 Å². The smallest absolute Gasteiger partial charge is 0.164 e. The summed E-state index contributed by atoms with van der Waals surface area (Å²) in [4.78, 5) is 15.3. The predicted molar refractivity (Wildman–Crippen MR) is 52.6 cm³/mol. The minimum atomic E-state index is 0.162. The van der Waals surface area contributed by atoms with Gasteiger partial charge in [0.05, 0.1) is 0 Å². The summed E-state index contributed by atoms with van der Waals surface area (Å²) in [6.45, 7) is 3.61. The van der Waals surface area contributed by atoms with E-state index in [1.165, 1.54) is 0 Å². The molecule has 1 aromatic rings. The first-order valence-corrected chi connectivity index (χ1v) is 4.38. The summed E-state index contributed by atoms with van der Waals surface area (Å²) >= 11 is 0. The fourth-order valence-corrected chi connectivity index (χ4v) is 1.08. The van der Waals surface area contributed by atoms with Crippen molar-refractivity contribution in [2.75, 3.05) is 0 Å². The second kappa shape index (κ2) is 5.25. The van der Waals surface area contributed by atoms with E-state index in [9.17, 15) is 4.79 Å². The molecule has 0 atom stereocenters. The lowest BCUT2D eigenvalue weighted by molar-refractivity contribution is 0.0980. The van der Waals surface area contributed by atoms with Crippen molar-refractivity contribution in [2.45, 2.75) is 19.3 Å². The molecule has 1 rings (SSSR count). The molecule has 0 unspecified atom stereocenters. The molecule has 0 fully saturated rings. The minimum absolute atomic E-state index is 0.162. The van der Waals surface area contributed by atoms with Crippen LogP contribution in [0.25, 0.3) is 0 Å². The van der Waals surface area contributed by atoms with Gasteiger partial charge in [0.2, 0.25) is 0 Å². The van der Waals surface area contributed by atoms with Crippen LogP contribution in [0.2, 0.25) is 0 Å². The van der Waals surface area contributed by atoms with Crippen molar-refractivity contribution < 1.29 is 4.79 Å². The predicted octanol–water partition coefficient (Wildman–Crippen LogP) is 2.62. The monoisotopic (exact) mass is 175 g/mol. The number of ketones is 1. The standard InChI is InChI=1S/C11H13NO/c1-2-3-4-7-11(13)10-6-5-8-12-9-10/h2,5-6,8-9H,1,3-4,7H2. The van der Waals surface area contributed by atoms with E-state index in [-0.39, 0.29) is 5.78 Å². The van der Waals surface area contributed by atoms with Crippen molar-refractivity contribution >= 4 is 5.78 Å². The maximum Gasteiger partial charge on any atom is 0.164 e.